The van der Waals surface area contributed by atoms with Gasteiger partial charge in [-0.25, -0.2) is 0 Å². The molecular weight excluding hydrogens is 255 g/mol. The number of nitrogen functional groups attached to an aromatic ring is 1. The average molecular weight is 271 g/mol. The summed E-state index contributed by atoms with van der Waals surface area (Å²) in [4.78, 5) is 2.43. The minimum atomic E-state index is 0.537. The number of nitrogens with two attached hydrogens (primary N) is 1. The first kappa shape index (κ1) is 11.5. The molecular formula is C13H16Cl2N2. The Balaban J connectivity index is 1.90. The predicted molar refractivity (Wildman–Crippen MR) is 74.0 cm³/mol. The molecule has 0 radical (unpaired) electrons. The number of hydrogen-bond acceptors (Lipinski definition) is 2. The molecule has 0 amide bonds. The lowest BCUT2D eigenvalue weighted by Crippen LogP contribution is -2.28. The molecule has 0 spiro atoms. The maximum absolute atomic E-state index is 6.09. The van der Waals surface area contributed by atoms with E-state index in [1.807, 2.05) is 6.07 Å². The molecule has 2 saturated carbocycles. The van der Waals surface area contributed by atoms with E-state index >= 15 is 0 Å². The molecule has 0 heterocycles. The molecule has 2 aliphatic rings. The van der Waals surface area contributed by atoms with E-state index in [1.165, 1.54) is 25.7 Å². The number of halogens is 2. The lowest BCUT2D eigenvalue weighted by molar-refractivity contribution is 0.720. The molecule has 2 fully saturated rings. The molecule has 0 bridgehead atoms. The first-order valence-corrected chi connectivity index (χ1v) is 6.92. The molecule has 1 aromatic carbocycles. The average Bonchev–Trinajstić information content (AvgIpc) is 3.14. The standard InChI is InChI=1S/C13H16Cl2N2/c14-10-5-12(16)13(6-11(10)15)17(9-3-4-9)7-8-1-2-8/h5-6,8-9H,1-4,7,16H2. The number of rotatable bonds is 4. The molecule has 4 heteroatoms. The smallest absolute Gasteiger partial charge is 0.0618 e. The van der Waals surface area contributed by atoms with Crippen LogP contribution in [-0.2, 0) is 0 Å². The third-order valence-electron chi connectivity index (χ3n) is 3.52. The van der Waals surface area contributed by atoms with Gasteiger partial charge >= 0.3 is 0 Å². The summed E-state index contributed by atoms with van der Waals surface area (Å²) in [6, 6.07) is 4.34. The summed E-state index contributed by atoms with van der Waals surface area (Å²) in [5.41, 5.74) is 7.87. The van der Waals surface area contributed by atoms with Gasteiger partial charge in [-0.2, -0.15) is 0 Å². The van der Waals surface area contributed by atoms with Crippen molar-refractivity contribution in [2.45, 2.75) is 31.7 Å². The fourth-order valence-corrected chi connectivity index (χ4v) is 2.54. The molecule has 92 valence electrons. The Morgan fingerprint density at radius 2 is 1.76 bits per heavy atom. The Hall–Kier alpha value is -0.600. The third-order valence-corrected chi connectivity index (χ3v) is 4.24. The summed E-state index contributed by atoms with van der Waals surface area (Å²) in [5.74, 6) is 0.851. The maximum atomic E-state index is 6.09. The monoisotopic (exact) mass is 270 g/mol. The first-order chi connectivity index (χ1) is 8.15. The highest BCUT2D eigenvalue weighted by Gasteiger charge is 2.34. The Bertz CT molecular complexity index is 439. The summed E-state index contributed by atoms with van der Waals surface area (Å²) in [6.45, 7) is 1.12. The Labute approximate surface area is 112 Å². The van der Waals surface area contributed by atoms with Crippen LogP contribution >= 0.6 is 23.2 Å². The number of anilines is 2. The van der Waals surface area contributed by atoms with Crippen LogP contribution in [0.5, 0.6) is 0 Å². The van der Waals surface area contributed by atoms with Crippen molar-refractivity contribution in [3.05, 3.63) is 22.2 Å². The number of benzene rings is 1. The van der Waals surface area contributed by atoms with Crippen molar-refractivity contribution in [2.24, 2.45) is 5.92 Å². The summed E-state index contributed by atoms with van der Waals surface area (Å²) in [7, 11) is 0. The van der Waals surface area contributed by atoms with E-state index in [1.54, 1.807) is 6.07 Å². The lowest BCUT2D eigenvalue weighted by Gasteiger charge is -2.26. The second-order valence-electron chi connectivity index (χ2n) is 5.15. The molecule has 2 aliphatic carbocycles. The van der Waals surface area contributed by atoms with Crippen LogP contribution in [0.2, 0.25) is 10.0 Å². The molecule has 3 rings (SSSR count). The molecule has 2 nitrogen and oxygen atoms in total. The third kappa shape index (κ3) is 2.48. The first-order valence-electron chi connectivity index (χ1n) is 6.16. The summed E-state index contributed by atoms with van der Waals surface area (Å²) in [6.07, 6.45) is 5.24. The molecule has 0 unspecified atom stereocenters. The van der Waals surface area contributed by atoms with Crippen LogP contribution in [0.15, 0.2) is 12.1 Å². The van der Waals surface area contributed by atoms with E-state index in [-0.39, 0.29) is 0 Å². The largest absolute Gasteiger partial charge is 0.397 e. The second-order valence-corrected chi connectivity index (χ2v) is 5.97. The highest BCUT2D eigenvalue weighted by molar-refractivity contribution is 6.42. The maximum Gasteiger partial charge on any atom is 0.0618 e. The topological polar surface area (TPSA) is 29.3 Å². The Morgan fingerprint density at radius 3 is 2.35 bits per heavy atom. The van der Waals surface area contributed by atoms with Gasteiger partial charge in [0.05, 0.1) is 21.4 Å². The van der Waals surface area contributed by atoms with Crippen molar-refractivity contribution in [1.29, 1.82) is 0 Å². The van der Waals surface area contributed by atoms with Crippen molar-refractivity contribution >= 4 is 34.6 Å². The number of nitrogens with zero attached hydrogens (tertiary/aromatic N) is 1. The van der Waals surface area contributed by atoms with Crippen molar-refractivity contribution in [2.75, 3.05) is 17.2 Å². The Kier molecular flexibility index (Phi) is 2.87. The van der Waals surface area contributed by atoms with Crippen molar-refractivity contribution < 1.29 is 0 Å². The van der Waals surface area contributed by atoms with Crippen LogP contribution < -0.4 is 10.6 Å². The summed E-state index contributed by atoms with van der Waals surface area (Å²) < 4.78 is 0. The van der Waals surface area contributed by atoms with E-state index < -0.39 is 0 Å². The highest BCUT2D eigenvalue weighted by Crippen LogP contribution is 2.41. The molecule has 2 N–H and O–H groups in total. The SMILES string of the molecule is Nc1cc(Cl)c(Cl)cc1N(CC1CC1)C1CC1. The van der Waals surface area contributed by atoms with Gasteiger partial charge in [0.1, 0.15) is 0 Å². The normalized spacial score (nSPS) is 19.4. The minimum absolute atomic E-state index is 0.537. The van der Waals surface area contributed by atoms with Gasteiger partial charge in [0.25, 0.3) is 0 Å². The van der Waals surface area contributed by atoms with Gasteiger partial charge < -0.3 is 10.6 Å². The molecule has 1 aromatic rings. The van der Waals surface area contributed by atoms with E-state index in [0.717, 1.165) is 23.8 Å². The predicted octanol–water partition coefficient (Wildman–Crippen LogP) is 3.95. The van der Waals surface area contributed by atoms with Crippen molar-refractivity contribution in [3.63, 3.8) is 0 Å². The second kappa shape index (κ2) is 4.25. The van der Waals surface area contributed by atoms with Crippen LogP contribution in [0.25, 0.3) is 0 Å². The van der Waals surface area contributed by atoms with Gasteiger partial charge in [-0.05, 0) is 43.7 Å². The zero-order chi connectivity index (χ0) is 12.0. The van der Waals surface area contributed by atoms with Crippen LogP contribution in [0, 0.1) is 5.92 Å². The van der Waals surface area contributed by atoms with Crippen LogP contribution in [0.3, 0.4) is 0 Å². The van der Waals surface area contributed by atoms with Gasteiger partial charge in [-0.15, -0.1) is 0 Å². The highest BCUT2D eigenvalue weighted by atomic mass is 35.5. The van der Waals surface area contributed by atoms with Gasteiger partial charge in [0.15, 0.2) is 0 Å². The van der Waals surface area contributed by atoms with Gasteiger partial charge in [-0.3, -0.25) is 0 Å². The quantitative estimate of drug-likeness (QED) is 0.840. The van der Waals surface area contributed by atoms with E-state index in [0.29, 0.717) is 16.1 Å². The zero-order valence-corrected chi connectivity index (χ0v) is 11.1. The lowest BCUT2D eigenvalue weighted by atomic mass is 10.2. The van der Waals surface area contributed by atoms with Crippen molar-refractivity contribution in [3.8, 4) is 0 Å². The molecule has 0 aromatic heterocycles. The van der Waals surface area contributed by atoms with Gasteiger partial charge in [0.2, 0.25) is 0 Å². The van der Waals surface area contributed by atoms with Crippen LogP contribution in [0.1, 0.15) is 25.7 Å². The van der Waals surface area contributed by atoms with E-state index in [2.05, 4.69) is 4.90 Å². The van der Waals surface area contributed by atoms with Crippen molar-refractivity contribution in [1.82, 2.24) is 0 Å². The fourth-order valence-electron chi connectivity index (χ4n) is 2.21. The molecule has 17 heavy (non-hydrogen) atoms. The molecule has 0 atom stereocenters. The molecule has 0 saturated heterocycles. The van der Waals surface area contributed by atoms with E-state index in [9.17, 15) is 0 Å². The summed E-state index contributed by atoms with van der Waals surface area (Å²) in [5, 5.41) is 1.13. The Morgan fingerprint density at radius 1 is 1.12 bits per heavy atom. The molecule has 0 aliphatic heterocycles. The van der Waals surface area contributed by atoms with Crippen LogP contribution in [-0.4, -0.2) is 12.6 Å². The summed E-state index contributed by atoms with van der Waals surface area (Å²) >= 11 is 12.1. The van der Waals surface area contributed by atoms with E-state index in [4.69, 9.17) is 28.9 Å². The zero-order valence-electron chi connectivity index (χ0n) is 9.63. The minimum Gasteiger partial charge on any atom is -0.397 e. The van der Waals surface area contributed by atoms with Gasteiger partial charge in [-0.1, -0.05) is 23.2 Å². The van der Waals surface area contributed by atoms with Gasteiger partial charge in [0, 0.05) is 12.6 Å². The fraction of sp³-hybridized carbons (Fsp3) is 0.538. The van der Waals surface area contributed by atoms with Crippen LogP contribution in [0.4, 0.5) is 11.4 Å². The number of hydrogen-bond donors (Lipinski definition) is 1.